The second-order valence-electron chi connectivity index (χ2n) is 12.5. The Bertz CT molecular complexity index is 1810. The van der Waals surface area contributed by atoms with Gasteiger partial charge in [-0.25, -0.2) is 9.69 Å². The lowest BCUT2D eigenvalue weighted by molar-refractivity contribution is -0.122. The van der Waals surface area contributed by atoms with Crippen LogP contribution in [0.1, 0.15) is 66.3 Å². The number of barbiturate groups is 1. The minimum atomic E-state index is -0.770. The number of hydrogen-bond donors (Lipinski definition) is 1. The summed E-state index contributed by atoms with van der Waals surface area (Å²) in [5, 5.41) is 2.42. The topological polar surface area (TPSA) is 88.2 Å². The average Bonchev–Trinajstić information content (AvgIpc) is 3.08. The Morgan fingerprint density at radius 1 is 0.809 bits per heavy atom. The Labute approximate surface area is 274 Å². The number of hydrogen-bond acceptors (Lipinski definition) is 6. The normalized spacial score (nSPS) is 19.9. The van der Waals surface area contributed by atoms with E-state index in [2.05, 4.69) is 34.5 Å². The summed E-state index contributed by atoms with van der Waals surface area (Å²) >= 11 is 0. The Morgan fingerprint density at radius 3 is 1.96 bits per heavy atom. The standard InChI is InChI=1S/C39H37N3O5/c1-24(2)47-35-23-29(46-3)15-14-27(35)20-34-37(43)40-39(45)42(38(34)44)28-21-32-30(25-10-6-4-7-11-25)16-18-41-19-17-31(33(22-28)36(32)41)26-12-8-5-9-13-26/h4-15,20-24,30-31H,16-19H2,1-3H3,(H,40,43,45)/b34-20+/t30-,31-/m0/s1. The average molecular weight is 628 g/mol. The van der Waals surface area contributed by atoms with Crippen LogP contribution in [0.3, 0.4) is 0 Å². The molecule has 1 fully saturated rings. The number of amides is 4. The van der Waals surface area contributed by atoms with E-state index in [9.17, 15) is 14.4 Å². The summed E-state index contributed by atoms with van der Waals surface area (Å²) in [7, 11) is 1.56. The van der Waals surface area contributed by atoms with Crippen LogP contribution in [0.25, 0.3) is 6.08 Å². The minimum absolute atomic E-state index is 0.0883. The predicted octanol–water partition coefficient (Wildman–Crippen LogP) is 7.03. The number of benzene rings is 4. The van der Waals surface area contributed by atoms with Gasteiger partial charge in [-0.1, -0.05) is 60.7 Å². The van der Waals surface area contributed by atoms with Crippen LogP contribution in [-0.2, 0) is 9.59 Å². The molecule has 3 heterocycles. The maximum absolute atomic E-state index is 14.3. The third-order valence-corrected chi connectivity index (χ3v) is 9.24. The summed E-state index contributed by atoms with van der Waals surface area (Å²) in [5.74, 6) is -0.219. The zero-order valence-corrected chi connectivity index (χ0v) is 26.7. The lowest BCUT2D eigenvalue weighted by Gasteiger charge is -2.44. The van der Waals surface area contributed by atoms with Gasteiger partial charge in [-0.05, 0) is 79.3 Å². The molecule has 4 amide bonds. The van der Waals surface area contributed by atoms with E-state index in [1.165, 1.54) is 22.9 Å². The Balaban J connectivity index is 1.37. The number of carbonyl (C=O) groups is 3. The highest BCUT2D eigenvalue weighted by Gasteiger charge is 2.40. The van der Waals surface area contributed by atoms with Crippen molar-refractivity contribution in [2.75, 3.05) is 30.0 Å². The van der Waals surface area contributed by atoms with Gasteiger partial charge in [0.15, 0.2) is 0 Å². The first kappa shape index (κ1) is 30.3. The highest BCUT2D eigenvalue weighted by Crippen LogP contribution is 2.50. The van der Waals surface area contributed by atoms with Crippen molar-refractivity contribution in [1.29, 1.82) is 0 Å². The molecule has 0 radical (unpaired) electrons. The van der Waals surface area contributed by atoms with Crippen molar-refractivity contribution in [3.63, 3.8) is 0 Å². The van der Waals surface area contributed by atoms with E-state index in [0.29, 0.717) is 22.7 Å². The monoisotopic (exact) mass is 627 g/mol. The summed E-state index contributed by atoms with van der Waals surface area (Å²) in [6, 6.07) is 29.1. The van der Waals surface area contributed by atoms with Crippen molar-refractivity contribution in [3.8, 4) is 11.5 Å². The molecule has 8 heteroatoms. The zero-order chi connectivity index (χ0) is 32.7. The second kappa shape index (κ2) is 12.4. The van der Waals surface area contributed by atoms with Crippen molar-refractivity contribution < 1.29 is 23.9 Å². The van der Waals surface area contributed by atoms with Gasteiger partial charge in [0, 0.05) is 42.2 Å². The molecule has 8 nitrogen and oxygen atoms in total. The first-order valence-corrected chi connectivity index (χ1v) is 16.1. The van der Waals surface area contributed by atoms with E-state index >= 15 is 0 Å². The highest BCUT2D eigenvalue weighted by molar-refractivity contribution is 6.39. The fourth-order valence-corrected chi connectivity index (χ4v) is 7.13. The van der Waals surface area contributed by atoms with Crippen molar-refractivity contribution in [2.24, 2.45) is 0 Å². The molecule has 3 aliphatic heterocycles. The van der Waals surface area contributed by atoms with Gasteiger partial charge in [-0.2, -0.15) is 0 Å². The molecule has 0 aromatic heterocycles. The first-order chi connectivity index (χ1) is 22.8. The molecule has 0 saturated carbocycles. The van der Waals surface area contributed by atoms with E-state index in [1.807, 2.05) is 62.4 Å². The molecular formula is C39H37N3O5. The summed E-state index contributed by atoms with van der Waals surface area (Å²) in [6.07, 6.45) is 3.15. The molecule has 3 aliphatic rings. The Hall–Kier alpha value is -5.37. The first-order valence-electron chi connectivity index (χ1n) is 16.1. The number of urea groups is 1. The maximum Gasteiger partial charge on any atom is 0.335 e. The fourth-order valence-electron chi connectivity index (χ4n) is 7.13. The van der Waals surface area contributed by atoms with Crippen molar-refractivity contribution in [2.45, 2.75) is 44.6 Å². The van der Waals surface area contributed by atoms with Gasteiger partial charge in [0.25, 0.3) is 11.8 Å². The highest BCUT2D eigenvalue weighted by atomic mass is 16.5. The Kier molecular flexibility index (Phi) is 8.02. The molecule has 0 aliphatic carbocycles. The van der Waals surface area contributed by atoms with Crippen LogP contribution in [0.5, 0.6) is 11.5 Å². The molecule has 238 valence electrons. The van der Waals surface area contributed by atoms with Gasteiger partial charge < -0.3 is 14.4 Å². The van der Waals surface area contributed by atoms with Crippen molar-refractivity contribution in [3.05, 3.63) is 124 Å². The fraction of sp³-hybridized carbons (Fsp3) is 0.256. The van der Waals surface area contributed by atoms with Crippen LogP contribution >= 0.6 is 0 Å². The van der Waals surface area contributed by atoms with Gasteiger partial charge >= 0.3 is 6.03 Å². The predicted molar refractivity (Wildman–Crippen MR) is 182 cm³/mol. The molecule has 7 rings (SSSR count). The molecule has 4 aromatic rings. The summed E-state index contributed by atoms with van der Waals surface area (Å²) in [4.78, 5) is 44.6. The number of rotatable bonds is 7. The van der Waals surface area contributed by atoms with Crippen molar-refractivity contribution in [1.82, 2.24) is 5.32 Å². The number of anilines is 2. The van der Waals surface area contributed by atoms with Gasteiger partial charge in [0.05, 0.1) is 18.9 Å². The third kappa shape index (κ3) is 5.65. The van der Waals surface area contributed by atoms with E-state index in [-0.39, 0.29) is 23.5 Å². The largest absolute Gasteiger partial charge is 0.497 e. The number of methoxy groups -OCH3 is 1. The summed E-state index contributed by atoms with van der Waals surface area (Å²) < 4.78 is 11.4. The molecule has 1 saturated heterocycles. The number of nitrogens with one attached hydrogen (secondary N) is 1. The van der Waals surface area contributed by atoms with Gasteiger partial charge in [0.2, 0.25) is 0 Å². The SMILES string of the molecule is COc1ccc(/C=C2\C(=O)NC(=O)N(c3cc4c5c(c3)[C@H](c3ccccc3)CCN5CC[C@H]4c3ccccc3)C2=O)c(OC(C)C)c1. The van der Waals surface area contributed by atoms with Gasteiger partial charge in [-0.15, -0.1) is 0 Å². The van der Waals surface area contributed by atoms with Crippen LogP contribution in [0, 0.1) is 0 Å². The number of carbonyl (C=O) groups excluding carboxylic acids is 3. The van der Waals surface area contributed by atoms with Gasteiger partial charge in [-0.3, -0.25) is 14.9 Å². The minimum Gasteiger partial charge on any atom is -0.497 e. The van der Waals surface area contributed by atoms with Crippen molar-refractivity contribution >= 4 is 35.3 Å². The van der Waals surface area contributed by atoms with E-state index < -0.39 is 17.8 Å². The zero-order valence-electron chi connectivity index (χ0n) is 26.7. The third-order valence-electron chi connectivity index (χ3n) is 9.24. The molecule has 0 bridgehead atoms. The van der Waals surface area contributed by atoms with Crippen LogP contribution in [0.2, 0.25) is 0 Å². The van der Waals surface area contributed by atoms with Crippen LogP contribution < -0.4 is 24.6 Å². The lowest BCUT2D eigenvalue weighted by atomic mass is 9.76. The molecule has 2 atom stereocenters. The number of ether oxygens (including phenoxy) is 2. The molecule has 0 unspecified atom stereocenters. The van der Waals surface area contributed by atoms with E-state index in [1.54, 1.807) is 25.3 Å². The number of nitrogens with zero attached hydrogens (tertiary/aromatic N) is 2. The quantitative estimate of drug-likeness (QED) is 0.175. The lowest BCUT2D eigenvalue weighted by Crippen LogP contribution is -2.54. The molecule has 4 aromatic carbocycles. The number of imide groups is 2. The smallest absolute Gasteiger partial charge is 0.335 e. The second-order valence-corrected chi connectivity index (χ2v) is 12.5. The Morgan fingerprint density at radius 2 is 1.40 bits per heavy atom. The molecule has 47 heavy (non-hydrogen) atoms. The van der Waals surface area contributed by atoms with Crippen LogP contribution in [0.4, 0.5) is 16.2 Å². The maximum atomic E-state index is 14.3. The summed E-state index contributed by atoms with van der Waals surface area (Å²) in [6.45, 7) is 5.63. The summed E-state index contributed by atoms with van der Waals surface area (Å²) in [5.41, 5.74) is 6.54. The van der Waals surface area contributed by atoms with Gasteiger partial charge in [0.1, 0.15) is 17.1 Å². The van der Waals surface area contributed by atoms with E-state index in [0.717, 1.165) is 42.0 Å². The van der Waals surface area contributed by atoms with Crippen LogP contribution in [-0.4, -0.2) is 44.1 Å². The van der Waals surface area contributed by atoms with E-state index in [4.69, 9.17) is 9.47 Å². The molecule has 1 N–H and O–H groups in total. The van der Waals surface area contributed by atoms with Crippen LogP contribution in [0.15, 0.2) is 96.6 Å². The molecular weight excluding hydrogens is 590 g/mol. The molecule has 0 spiro atoms.